The molecule has 0 unspecified atom stereocenters. The van der Waals surface area contributed by atoms with E-state index in [1.54, 1.807) is 24.7 Å². The zero-order chi connectivity index (χ0) is 21.1. The molecule has 2 aromatic heterocycles. The molecule has 0 aliphatic heterocycles. The van der Waals surface area contributed by atoms with Crippen LogP contribution < -0.4 is 10.6 Å². The molecule has 30 heavy (non-hydrogen) atoms. The number of benzene rings is 2. The Bertz CT molecular complexity index is 1150. The maximum absolute atomic E-state index is 14.2. The van der Waals surface area contributed by atoms with Crippen LogP contribution >= 0.6 is 11.6 Å². The van der Waals surface area contributed by atoms with E-state index in [2.05, 4.69) is 40.7 Å². The summed E-state index contributed by atoms with van der Waals surface area (Å²) >= 11 is 6.17. The summed E-state index contributed by atoms with van der Waals surface area (Å²) in [5.41, 5.74) is 3.66. The molecule has 2 aromatic carbocycles. The Kier molecular flexibility index (Phi) is 6.01. The van der Waals surface area contributed by atoms with Crippen molar-refractivity contribution in [2.45, 2.75) is 12.8 Å². The summed E-state index contributed by atoms with van der Waals surface area (Å²) in [5, 5.41) is 6.80. The van der Waals surface area contributed by atoms with Crippen molar-refractivity contribution in [2.24, 2.45) is 0 Å². The molecule has 0 saturated heterocycles. The second-order valence-corrected chi connectivity index (χ2v) is 7.88. The summed E-state index contributed by atoms with van der Waals surface area (Å²) in [6, 6.07) is 10.6. The van der Waals surface area contributed by atoms with Crippen LogP contribution in [0.25, 0.3) is 16.6 Å². The number of unbranched alkanes of at least 4 members (excludes halogenated alkanes) is 1. The average molecular weight is 427 g/mol. The molecule has 0 saturated carbocycles. The predicted octanol–water partition coefficient (Wildman–Crippen LogP) is 5.17. The second kappa shape index (κ2) is 8.85. The molecule has 4 rings (SSSR count). The van der Waals surface area contributed by atoms with Gasteiger partial charge in [0.1, 0.15) is 11.3 Å². The lowest BCUT2D eigenvalue weighted by atomic mass is 10.2. The van der Waals surface area contributed by atoms with Gasteiger partial charge < -0.3 is 15.5 Å². The van der Waals surface area contributed by atoms with Crippen LogP contribution in [-0.4, -0.2) is 46.5 Å². The number of rotatable bonds is 8. The van der Waals surface area contributed by atoms with Crippen molar-refractivity contribution < 1.29 is 4.39 Å². The van der Waals surface area contributed by atoms with Crippen molar-refractivity contribution in [3.05, 3.63) is 59.8 Å². The van der Waals surface area contributed by atoms with Gasteiger partial charge in [0.15, 0.2) is 5.82 Å². The van der Waals surface area contributed by atoms with E-state index in [0.717, 1.165) is 48.2 Å². The van der Waals surface area contributed by atoms with Gasteiger partial charge in [-0.25, -0.2) is 14.4 Å². The van der Waals surface area contributed by atoms with E-state index >= 15 is 0 Å². The number of imidazole rings is 1. The van der Waals surface area contributed by atoms with Gasteiger partial charge in [-0.1, -0.05) is 17.7 Å². The van der Waals surface area contributed by atoms with Crippen molar-refractivity contribution in [2.75, 3.05) is 37.8 Å². The van der Waals surface area contributed by atoms with Gasteiger partial charge in [0.2, 0.25) is 0 Å². The Balaban J connectivity index is 1.61. The maximum atomic E-state index is 14.2. The lowest BCUT2D eigenvalue weighted by Crippen LogP contribution is -2.14. The first-order chi connectivity index (χ1) is 14.5. The van der Waals surface area contributed by atoms with Crippen LogP contribution in [0.15, 0.2) is 48.9 Å². The summed E-state index contributed by atoms with van der Waals surface area (Å²) in [7, 11) is 4.17. The number of aromatic nitrogens is 3. The number of fused-ring (bicyclic) bond motifs is 3. The molecule has 6 nitrogen and oxygen atoms in total. The first kappa shape index (κ1) is 20.4. The molecule has 156 valence electrons. The first-order valence-corrected chi connectivity index (χ1v) is 10.3. The van der Waals surface area contributed by atoms with Gasteiger partial charge in [-0.15, -0.1) is 0 Å². The molecule has 0 amide bonds. The smallest absolute Gasteiger partial charge is 0.157 e. The Morgan fingerprint density at radius 3 is 2.80 bits per heavy atom. The van der Waals surface area contributed by atoms with E-state index in [1.807, 2.05) is 16.5 Å². The topological polar surface area (TPSA) is 57.5 Å². The number of para-hydroxylation sites is 1. The Labute approximate surface area is 179 Å². The van der Waals surface area contributed by atoms with Crippen LogP contribution in [0.2, 0.25) is 5.02 Å². The highest BCUT2D eigenvalue weighted by Crippen LogP contribution is 2.31. The molecular formula is C22H24ClFN6. The van der Waals surface area contributed by atoms with E-state index in [1.165, 1.54) is 6.07 Å². The zero-order valence-electron chi connectivity index (χ0n) is 17.0. The van der Waals surface area contributed by atoms with E-state index in [9.17, 15) is 4.39 Å². The van der Waals surface area contributed by atoms with Gasteiger partial charge in [0.25, 0.3) is 0 Å². The largest absolute Gasteiger partial charge is 0.385 e. The standard InChI is InChI=1S/C22H24ClFN6/c1-29(2)11-4-3-10-26-15-8-9-18-19(12-15)30-14-25-13-20(30)22(27-18)28-21-16(23)6-5-7-17(21)24/h5-9,12-14,26H,3-4,10-11H2,1-2H3,(H,27,28). The summed E-state index contributed by atoms with van der Waals surface area (Å²) in [4.78, 5) is 11.1. The highest BCUT2D eigenvalue weighted by molar-refractivity contribution is 6.33. The minimum Gasteiger partial charge on any atom is -0.385 e. The van der Waals surface area contributed by atoms with Crippen molar-refractivity contribution in [3.63, 3.8) is 0 Å². The molecule has 2 N–H and O–H groups in total. The molecule has 0 spiro atoms. The molecule has 8 heteroatoms. The molecule has 0 bridgehead atoms. The normalized spacial score (nSPS) is 11.5. The molecule has 2 heterocycles. The second-order valence-electron chi connectivity index (χ2n) is 7.47. The number of hydrogen-bond acceptors (Lipinski definition) is 5. The van der Waals surface area contributed by atoms with E-state index in [-0.39, 0.29) is 5.69 Å². The number of nitrogens with one attached hydrogen (secondary N) is 2. The minimum atomic E-state index is -0.434. The Hall–Kier alpha value is -2.90. The Morgan fingerprint density at radius 1 is 1.13 bits per heavy atom. The van der Waals surface area contributed by atoms with E-state index in [4.69, 9.17) is 16.6 Å². The fourth-order valence-corrected chi connectivity index (χ4v) is 3.58. The Morgan fingerprint density at radius 2 is 2.00 bits per heavy atom. The summed E-state index contributed by atoms with van der Waals surface area (Å²) in [6.45, 7) is 1.99. The van der Waals surface area contributed by atoms with Crippen molar-refractivity contribution in [1.82, 2.24) is 19.3 Å². The molecule has 0 atom stereocenters. The lowest BCUT2D eigenvalue weighted by Gasteiger charge is -2.13. The average Bonchev–Trinajstić information content (AvgIpc) is 3.21. The third-order valence-electron chi connectivity index (χ3n) is 4.92. The third-order valence-corrected chi connectivity index (χ3v) is 5.23. The fraction of sp³-hybridized carbons (Fsp3) is 0.273. The highest BCUT2D eigenvalue weighted by Gasteiger charge is 2.13. The first-order valence-electron chi connectivity index (χ1n) is 9.88. The van der Waals surface area contributed by atoms with Gasteiger partial charge in [-0.2, -0.15) is 0 Å². The predicted molar refractivity (Wildman–Crippen MR) is 121 cm³/mol. The molecular weight excluding hydrogens is 403 g/mol. The number of anilines is 3. The molecule has 0 aliphatic carbocycles. The number of nitrogens with zero attached hydrogens (tertiary/aromatic N) is 4. The van der Waals surface area contributed by atoms with Gasteiger partial charge >= 0.3 is 0 Å². The van der Waals surface area contributed by atoms with Crippen molar-refractivity contribution in [3.8, 4) is 0 Å². The molecule has 0 radical (unpaired) electrons. The maximum Gasteiger partial charge on any atom is 0.157 e. The summed E-state index contributed by atoms with van der Waals surface area (Å²) < 4.78 is 16.2. The van der Waals surface area contributed by atoms with Crippen LogP contribution in [0.4, 0.5) is 21.6 Å². The van der Waals surface area contributed by atoms with Crippen molar-refractivity contribution in [1.29, 1.82) is 0 Å². The van der Waals surface area contributed by atoms with Gasteiger partial charge in [0, 0.05) is 12.2 Å². The quantitative estimate of drug-likeness (QED) is 0.380. The van der Waals surface area contributed by atoms with Crippen LogP contribution in [0, 0.1) is 5.82 Å². The number of hydrogen-bond donors (Lipinski definition) is 2. The molecule has 0 aliphatic rings. The van der Waals surface area contributed by atoms with Crippen LogP contribution in [0.5, 0.6) is 0 Å². The van der Waals surface area contributed by atoms with E-state index < -0.39 is 5.82 Å². The van der Waals surface area contributed by atoms with Gasteiger partial charge in [-0.3, -0.25) is 4.40 Å². The van der Waals surface area contributed by atoms with Crippen LogP contribution in [-0.2, 0) is 0 Å². The third kappa shape index (κ3) is 4.32. The van der Waals surface area contributed by atoms with Crippen LogP contribution in [0.3, 0.4) is 0 Å². The number of halogens is 2. The molecule has 4 aromatic rings. The zero-order valence-corrected chi connectivity index (χ0v) is 17.7. The summed E-state index contributed by atoms with van der Waals surface area (Å²) in [6.07, 6.45) is 5.68. The highest BCUT2D eigenvalue weighted by atomic mass is 35.5. The lowest BCUT2D eigenvalue weighted by molar-refractivity contribution is 0.396. The van der Waals surface area contributed by atoms with E-state index in [0.29, 0.717) is 10.8 Å². The van der Waals surface area contributed by atoms with Crippen molar-refractivity contribution >= 4 is 45.3 Å². The van der Waals surface area contributed by atoms with Gasteiger partial charge in [0.05, 0.1) is 34.3 Å². The monoisotopic (exact) mass is 426 g/mol. The van der Waals surface area contributed by atoms with Crippen LogP contribution in [0.1, 0.15) is 12.8 Å². The fourth-order valence-electron chi connectivity index (χ4n) is 3.37. The SMILES string of the molecule is CN(C)CCCCNc1ccc2nc(Nc3c(F)cccc3Cl)c3cncn3c2c1. The minimum absolute atomic E-state index is 0.199. The molecule has 0 fully saturated rings. The summed E-state index contributed by atoms with van der Waals surface area (Å²) in [5.74, 6) is 0.0623. The van der Waals surface area contributed by atoms with Gasteiger partial charge in [-0.05, 0) is 63.8 Å².